The van der Waals surface area contributed by atoms with Gasteiger partial charge in [0.15, 0.2) is 0 Å². The Balaban J connectivity index is 3.92. The molecule has 0 fully saturated rings. The van der Waals surface area contributed by atoms with E-state index in [1.54, 1.807) is 7.05 Å². The molecule has 4 nitrogen and oxygen atoms in total. The van der Waals surface area contributed by atoms with E-state index >= 15 is 0 Å². The maximum Gasteiger partial charge on any atom is 0.262 e. The standard InChI is InChI=1S/C8H18N2O2/c1-6(2)5-7(9)8(11)10(3)12-4/h6-7H,5,9H2,1-4H3. The molecule has 0 aromatic rings. The van der Waals surface area contributed by atoms with Gasteiger partial charge in [0.25, 0.3) is 5.91 Å². The zero-order valence-corrected chi connectivity index (χ0v) is 8.20. The van der Waals surface area contributed by atoms with Crippen molar-refractivity contribution < 1.29 is 9.63 Å². The molecule has 0 heterocycles. The van der Waals surface area contributed by atoms with Gasteiger partial charge in [-0.25, -0.2) is 5.06 Å². The second-order valence-corrected chi connectivity index (χ2v) is 3.25. The van der Waals surface area contributed by atoms with Crippen LogP contribution in [0.1, 0.15) is 20.3 Å². The Labute approximate surface area is 73.6 Å². The number of hydrogen-bond donors (Lipinski definition) is 1. The molecule has 0 aliphatic carbocycles. The van der Waals surface area contributed by atoms with Gasteiger partial charge in [0.05, 0.1) is 13.2 Å². The van der Waals surface area contributed by atoms with E-state index in [1.165, 1.54) is 7.11 Å². The van der Waals surface area contributed by atoms with Crippen molar-refractivity contribution in [3.05, 3.63) is 0 Å². The summed E-state index contributed by atoms with van der Waals surface area (Å²) in [5, 5.41) is 1.16. The summed E-state index contributed by atoms with van der Waals surface area (Å²) < 4.78 is 0. The zero-order chi connectivity index (χ0) is 9.72. The lowest BCUT2D eigenvalue weighted by molar-refractivity contribution is -0.170. The average molecular weight is 174 g/mol. The van der Waals surface area contributed by atoms with E-state index in [4.69, 9.17) is 10.6 Å². The van der Waals surface area contributed by atoms with Crippen LogP contribution in [0.3, 0.4) is 0 Å². The van der Waals surface area contributed by atoms with Crippen LogP contribution in [0.25, 0.3) is 0 Å². The minimum absolute atomic E-state index is 0.175. The molecule has 4 heteroatoms. The molecule has 0 aromatic carbocycles. The predicted octanol–water partition coefficient (Wildman–Crippen LogP) is 0.380. The van der Waals surface area contributed by atoms with Gasteiger partial charge in [0, 0.05) is 7.05 Å². The fourth-order valence-electron chi connectivity index (χ4n) is 0.932. The van der Waals surface area contributed by atoms with Gasteiger partial charge >= 0.3 is 0 Å². The normalized spacial score (nSPS) is 13.2. The largest absolute Gasteiger partial charge is 0.320 e. The molecular weight excluding hydrogens is 156 g/mol. The van der Waals surface area contributed by atoms with E-state index in [0.29, 0.717) is 12.3 Å². The topological polar surface area (TPSA) is 55.6 Å². The molecule has 1 atom stereocenters. The number of amides is 1. The number of carbonyl (C=O) groups is 1. The molecule has 0 saturated carbocycles. The van der Waals surface area contributed by atoms with E-state index in [1.807, 2.05) is 13.8 Å². The summed E-state index contributed by atoms with van der Waals surface area (Å²) in [5.74, 6) is 0.250. The fourth-order valence-corrected chi connectivity index (χ4v) is 0.932. The summed E-state index contributed by atoms with van der Waals surface area (Å²) in [5.41, 5.74) is 5.62. The van der Waals surface area contributed by atoms with Crippen molar-refractivity contribution in [2.24, 2.45) is 11.7 Å². The van der Waals surface area contributed by atoms with Crippen LogP contribution >= 0.6 is 0 Å². The lowest BCUT2D eigenvalue weighted by atomic mass is 10.0. The van der Waals surface area contributed by atoms with Crippen LogP contribution in [0.5, 0.6) is 0 Å². The monoisotopic (exact) mass is 174 g/mol. The number of carbonyl (C=O) groups excluding carboxylic acids is 1. The van der Waals surface area contributed by atoms with Crippen LogP contribution in [-0.2, 0) is 9.63 Å². The molecule has 0 aromatic heterocycles. The summed E-state index contributed by atoms with van der Waals surface area (Å²) in [6, 6.07) is -0.449. The Morgan fingerprint density at radius 1 is 1.58 bits per heavy atom. The highest BCUT2D eigenvalue weighted by Crippen LogP contribution is 2.04. The number of rotatable bonds is 4. The first kappa shape index (κ1) is 11.4. The Hall–Kier alpha value is -0.610. The molecule has 0 rings (SSSR count). The number of hydrogen-bond acceptors (Lipinski definition) is 3. The van der Waals surface area contributed by atoms with E-state index in [9.17, 15) is 4.79 Å². The molecule has 1 unspecified atom stereocenters. The number of nitrogens with zero attached hydrogens (tertiary/aromatic N) is 1. The van der Waals surface area contributed by atoms with Crippen molar-refractivity contribution in [1.29, 1.82) is 0 Å². The Kier molecular flexibility index (Phi) is 4.85. The molecule has 0 spiro atoms. The molecule has 1 amide bonds. The third-order valence-electron chi connectivity index (χ3n) is 1.63. The molecule has 2 N–H and O–H groups in total. The molecule has 0 bridgehead atoms. The lowest BCUT2D eigenvalue weighted by Gasteiger charge is -2.19. The molecule has 12 heavy (non-hydrogen) atoms. The van der Waals surface area contributed by atoms with Crippen molar-refractivity contribution in [3.63, 3.8) is 0 Å². The van der Waals surface area contributed by atoms with Gasteiger partial charge in [-0.1, -0.05) is 13.8 Å². The summed E-state index contributed by atoms with van der Waals surface area (Å²) in [6.45, 7) is 4.06. The van der Waals surface area contributed by atoms with Gasteiger partial charge in [0.2, 0.25) is 0 Å². The van der Waals surface area contributed by atoms with Crippen molar-refractivity contribution >= 4 is 5.91 Å². The van der Waals surface area contributed by atoms with Gasteiger partial charge in [-0.3, -0.25) is 9.63 Å². The zero-order valence-electron chi connectivity index (χ0n) is 8.20. The van der Waals surface area contributed by atoms with Crippen LogP contribution in [0.4, 0.5) is 0 Å². The molecule has 0 aliphatic rings. The summed E-state index contributed by atoms with van der Waals surface area (Å²) in [4.78, 5) is 16.0. The molecule has 0 radical (unpaired) electrons. The quantitative estimate of drug-likeness (QED) is 0.627. The maximum atomic E-state index is 11.3. The molecular formula is C8H18N2O2. The molecule has 0 aliphatic heterocycles. The van der Waals surface area contributed by atoms with Gasteiger partial charge in [-0.15, -0.1) is 0 Å². The van der Waals surface area contributed by atoms with E-state index < -0.39 is 6.04 Å². The highest BCUT2D eigenvalue weighted by molar-refractivity contribution is 5.80. The third-order valence-corrected chi connectivity index (χ3v) is 1.63. The van der Waals surface area contributed by atoms with E-state index in [2.05, 4.69) is 0 Å². The van der Waals surface area contributed by atoms with Crippen molar-refractivity contribution in [3.8, 4) is 0 Å². The number of hydroxylamine groups is 2. The first-order valence-corrected chi connectivity index (χ1v) is 4.06. The summed E-state index contributed by atoms with van der Waals surface area (Å²) in [6.07, 6.45) is 0.687. The van der Waals surface area contributed by atoms with Crippen molar-refractivity contribution in [1.82, 2.24) is 5.06 Å². The molecule has 0 saturated heterocycles. The van der Waals surface area contributed by atoms with Gasteiger partial charge in [-0.2, -0.15) is 0 Å². The Morgan fingerprint density at radius 2 is 2.08 bits per heavy atom. The molecule has 72 valence electrons. The minimum Gasteiger partial charge on any atom is -0.320 e. The van der Waals surface area contributed by atoms with Crippen molar-refractivity contribution in [2.45, 2.75) is 26.3 Å². The minimum atomic E-state index is -0.449. The van der Waals surface area contributed by atoms with Crippen molar-refractivity contribution in [2.75, 3.05) is 14.2 Å². The highest BCUT2D eigenvalue weighted by atomic mass is 16.7. The van der Waals surface area contributed by atoms with Crippen LogP contribution < -0.4 is 5.73 Å². The maximum absolute atomic E-state index is 11.3. The highest BCUT2D eigenvalue weighted by Gasteiger charge is 2.18. The summed E-state index contributed by atoms with van der Waals surface area (Å²) >= 11 is 0. The Morgan fingerprint density at radius 3 is 2.42 bits per heavy atom. The second kappa shape index (κ2) is 5.11. The van der Waals surface area contributed by atoms with E-state index in [0.717, 1.165) is 5.06 Å². The number of likely N-dealkylation sites (N-methyl/N-ethyl adjacent to an activating group) is 1. The van der Waals surface area contributed by atoms with Crippen LogP contribution in [0, 0.1) is 5.92 Å². The predicted molar refractivity (Wildman–Crippen MR) is 47.2 cm³/mol. The van der Waals surface area contributed by atoms with Gasteiger partial charge < -0.3 is 5.73 Å². The second-order valence-electron chi connectivity index (χ2n) is 3.25. The fraction of sp³-hybridized carbons (Fsp3) is 0.875. The Bertz CT molecular complexity index is 148. The lowest BCUT2D eigenvalue weighted by Crippen LogP contribution is -2.41. The third kappa shape index (κ3) is 3.69. The van der Waals surface area contributed by atoms with E-state index in [-0.39, 0.29) is 5.91 Å². The van der Waals surface area contributed by atoms with Gasteiger partial charge in [0.1, 0.15) is 0 Å². The smallest absolute Gasteiger partial charge is 0.262 e. The SMILES string of the molecule is CON(C)C(=O)C(N)CC(C)C. The van der Waals surface area contributed by atoms with Crippen LogP contribution in [0.2, 0.25) is 0 Å². The van der Waals surface area contributed by atoms with Crippen LogP contribution in [0.15, 0.2) is 0 Å². The van der Waals surface area contributed by atoms with Gasteiger partial charge in [-0.05, 0) is 12.3 Å². The summed E-state index contributed by atoms with van der Waals surface area (Å²) in [7, 11) is 3.00. The average Bonchev–Trinajstić information content (AvgIpc) is 2.00. The number of nitrogens with two attached hydrogens (primary N) is 1. The first-order chi connectivity index (χ1) is 5.49. The first-order valence-electron chi connectivity index (χ1n) is 4.06. The van der Waals surface area contributed by atoms with Crippen LogP contribution in [-0.4, -0.2) is 31.2 Å².